The number of rotatable bonds is 4. The number of para-hydroxylation sites is 1. The Morgan fingerprint density at radius 2 is 1.89 bits per heavy atom. The van der Waals surface area contributed by atoms with Crippen molar-refractivity contribution in [2.24, 2.45) is 4.99 Å². The molecule has 0 atom stereocenters. The number of fused-ring (bicyclic) bond motifs is 3. The van der Waals surface area contributed by atoms with Crippen molar-refractivity contribution < 1.29 is 4.39 Å². The lowest BCUT2D eigenvalue weighted by atomic mass is 10.00. The molecule has 1 aliphatic heterocycles. The Hall–Kier alpha value is -2.50. The first-order valence-corrected chi connectivity index (χ1v) is 9.23. The van der Waals surface area contributed by atoms with Crippen LogP contribution in [0.25, 0.3) is 5.69 Å². The van der Waals surface area contributed by atoms with Crippen LogP contribution in [0.2, 0.25) is 5.02 Å². The van der Waals surface area contributed by atoms with Crippen LogP contribution >= 0.6 is 11.6 Å². The summed E-state index contributed by atoms with van der Waals surface area (Å²) >= 11 is 6.42. The molecule has 2 heterocycles. The van der Waals surface area contributed by atoms with Gasteiger partial charge in [-0.1, -0.05) is 41.9 Å². The van der Waals surface area contributed by atoms with Crippen LogP contribution in [0.15, 0.2) is 53.7 Å². The zero-order chi connectivity index (χ0) is 19.0. The molecule has 3 aromatic rings. The van der Waals surface area contributed by atoms with Gasteiger partial charge in [0, 0.05) is 41.0 Å². The summed E-state index contributed by atoms with van der Waals surface area (Å²) in [6.07, 6.45) is 2.60. The third kappa shape index (κ3) is 3.29. The van der Waals surface area contributed by atoms with E-state index >= 15 is 4.39 Å². The Morgan fingerprint density at radius 3 is 2.67 bits per heavy atom. The molecule has 0 unspecified atom stereocenters. The monoisotopic (exact) mass is 382 g/mol. The van der Waals surface area contributed by atoms with Gasteiger partial charge in [-0.05, 0) is 26.2 Å². The highest BCUT2D eigenvalue weighted by molar-refractivity contribution is 6.35. The molecule has 0 N–H and O–H groups in total. The lowest BCUT2D eigenvalue weighted by molar-refractivity contribution is 0.410. The summed E-state index contributed by atoms with van der Waals surface area (Å²) in [6.45, 7) is 1.23. The molecule has 0 spiro atoms. The zero-order valence-electron chi connectivity index (χ0n) is 15.3. The van der Waals surface area contributed by atoms with E-state index in [4.69, 9.17) is 16.6 Å². The smallest absolute Gasteiger partial charge is 0.147 e. The fourth-order valence-corrected chi connectivity index (χ4v) is 3.61. The van der Waals surface area contributed by atoms with Crippen LogP contribution in [0.5, 0.6) is 0 Å². The van der Waals surface area contributed by atoms with Crippen molar-refractivity contribution in [2.75, 3.05) is 20.6 Å². The molecule has 1 aliphatic rings. The van der Waals surface area contributed by atoms with Crippen molar-refractivity contribution in [2.45, 2.75) is 13.0 Å². The summed E-state index contributed by atoms with van der Waals surface area (Å²) in [7, 11) is 4.04. The Labute approximate surface area is 162 Å². The van der Waals surface area contributed by atoms with Gasteiger partial charge in [-0.15, -0.1) is 0 Å². The van der Waals surface area contributed by atoms with Gasteiger partial charge in [0.05, 0.1) is 17.9 Å². The highest BCUT2D eigenvalue weighted by Crippen LogP contribution is 2.30. The first-order valence-electron chi connectivity index (χ1n) is 8.85. The normalized spacial score (nSPS) is 13.1. The van der Waals surface area contributed by atoms with E-state index in [2.05, 4.69) is 9.88 Å². The van der Waals surface area contributed by atoms with Crippen LogP contribution in [-0.2, 0) is 13.0 Å². The number of hydrogen-bond acceptors (Lipinski definition) is 3. The predicted octanol–water partition coefficient (Wildman–Crippen LogP) is 4.12. The second-order valence-corrected chi connectivity index (χ2v) is 7.24. The van der Waals surface area contributed by atoms with Crippen LogP contribution in [0.3, 0.4) is 0 Å². The number of benzene rings is 2. The minimum atomic E-state index is -0.292. The Bertz CT molecular complexity index is 1020. The lowest BCUT2D eigenvalue weighted by Gasteiger charge is -2.16. The molecule has 0 aliphatic carbocycles. The van der Waals surface area contributed by atoms with Gasteiger partial charge < -0.3 is 4.90 Å². The quantitative estimate of drug-likeness (QED) is 0.680. The van der Waals surface area contributed by atoms with E-state index in [-0.39, 0.29) is 5.82 Å². The first-order chi connectivity index (χ1) is 13.1. The van der Waals surface area contributed by atoms with Gasteiger partial charge in [-0.2, -0.15) is 0 Å². The van der Waals surface area contributed by atoms with Crippen LogP contribution in [-0.4, -0.2) is 40.8 Å². The van der Waals surface area contributed by atoms with E-state index in [0.717, 1.165) is 35.6 Å². The molecular weight excluding hydrogens is 363 g/mol. The number of imidazole rings is 1. The van der Waals surface area contributed by atoms with Gasteiger partial charge in [0.2, 0.25) is 0 Å². The number of aromatic nitrogens is 2. The molecule has 4 nitrogen and oxygen atoms in total. The van der Waals surface area contributed by atoms with Crippen molar-refractivity contribution in [1.29, 1.82) is 0 Å². The molecule has 0 saturated carbocycles. The highest BCUT2D eigenvalue weighted by Gasteiger charge is 2.25. The average molecular weight is 383 g/mol. The maximum absolute atomic E-state index is 15.0. The molecule has 4 rings (SSSR count). The van der Waals surface area contributed by atoms with Gasteiger partial charge in [0.25, 0.3) is 0 Å². The number of aliphatic imine (C=N–C) groups is 1. The third-order valence-electron chi connectivity index (χ3n) is 4.70. The van der Waals surface area contributed by atoms with Gasteiger partial charge >= 0.3 is 0 Å². The largest absolute Gasteiger partial charge is 0.309 e. The van der Waals surface area contributed by atoms with E-state index in [1.54, 1.807) is 6.07 Å². The minimum Gasteiger partial charge on any atom is -0.309 e. The third-order valence-corrected chi connectivity index (χ3v) is 5.03. The molecule has 1 aromatic heterocycles. The Kier molecular flexibility index (Phi) is 4.81. The summed E-state index contributed by atoms with van der Waals surface area (Å²) in [5.41, 5.74) is 3.69. The van der Waals surface area contributed by atoms with Crippen LogP contribution in [0.1, 0.15) is 22.6 Å². The van der Waals surface area contributed by atoms with Gasteiger partial charge in [0.1, 0.15) is 11.6 Å². The van der Waals surface area contributed by atoms with E-state index in [9.17, 15) is 0 Å². The number of likely N-dealkylation sites (N-methyl/N-ethyl adjacent to an activating group) is 1. The molecule has 0 amide bonds. The molecule has 0 bridgehead atoms. The maximum Gasteiger partial charge on any atom is 0.147 e. The van der Waals surface area contributed by atoms with Gasteiger partial charge in [-0.3, -0.25) is 9.56 Å². The standard InChI is InChI=1S/C21H20ClFN4/c1-26(2)11-10-14-12-24-19-13-25-20(15-6-3-4-8-17(15)22)16-7-5-9-18(23)21(16)27(14)19/h3-9,12H,10-11,13H2,1-2H3. The molecule has 6 heteroatoms. The second-order valence-electron chi connectivity index (χ2n) is 6.84. The van der Waals surface area contributed by atoms with E-state index in [0.29, 0.717) is 23.0 Å². The molecule has 138 valence electrons. The van der Waals surface area contributed by atoms with E-state index in [1.807, 2.05) is 55.2 Å². The van der Waals surface area contributed by atoms with Crippen molar-refractivity contribution >= 4 is 17.3 Å². The van der Waals surface area contributed by atoms with Crippen molar-refractivity contribution in [3.05, 3.63) is 82.1 Å². The summed E-state index contributed by atoms with van der Waals surface area (Å²) < 4.78 is 16.9. The SMILES string of the molecule is CN(C)CCc1cnc2n1-c1c(F)cccc1C(c1ccccc1Cl)=NC2. The van der Waals surface area contributed by atoms with Crippen molar-refractivity contribution in [3.63, 3.8) is 0 Å². The van der Waals surface area contributed by atoms with Crippen LogP contribution in [0, 0.1) is 5.82 Å². The topological polar surface area (TPSA) is 33.4 Å². The van der Waals surface area contributed by atoms with E-state index < -0.39 is 0 Å². The molecule has 0 saturated heterocycles. The second kappa shape index (κ2) is 7.25. The van der Waals surface area contributed by atoms with Crippen molar-refractivity contribution in [3.8, 4) is 5.69 Å². The van der Waals surface area contributed by atoms with Crippen molar-refractivity contribution in [1.82, 2.24) is 14.5 Å². The average Bonchev–Trinajstić information content (AvgIpc) is 2.96. The molecular formula is C21H20ClFN4. The molecule has 2 aromatic carbocycles. The van der Waals surface area contributed by atoms with E-state index in [1.165, 1.54) is 6.07 Å². The number of nitrogens with zero attached hydrogens (tertiary/aromatic N) is 4. The number of hydrogen-bond donors (Lipinski definition) is 0. The van der Waals surface area contributed by atoms with Gasteiger partial charge in [0.15, 0.2) is 0 Å². The summed E-state index contributed by atoms with van der Waals surface area (Å²) in [6, 6.07) is 12.6. The summed E-state index contributed by atoms with van der Waals surface area (Å²) in [5.74, 6) is 0.441. The molecule has 0 radical (unpaired) electrons. The van der Waals surface area contributed by atoms with Crippen LogP contribution < -0.4 is 0 Å². The zero-order valence-corrected chi connectivity index (χ0v) is 16.0. The van der Waals surface area contributed by atoms with Crippen LogP contribution in [0.4, 0.5) is 4.39 Å². The van der Waals surface area contributed by atoms with Gasteiger partial charge in [-0.25, -0.2) is 9.37 Å². The lowest BCUT2D eigenvalue weighted by Crippen LogP contribution is -2.18. The highest BCUT2D eigenvalue weighted by atomic mass is 35.5. The molecule has 0 fully saturated rings. The Morgan fingerprint density at radius 1 is 1.11 bits per heavy atom. The fourth-order valence-electron chi connectivity index (χ4n) is 3.38. The summed E-state index contributed by atoms with van der Waals surface area (Å²) in [4.78, 5) is 11.4. The number of halogens is 2. The summed E-state index contributed by atoms with van der Waals surface area (Å²) in [5, 5.41) is 0.596. The predicted molar refractivity (Wildman–Crippen MR) is 107 cm³/mol. The fraction of sp³-hybridized carbons (Fsp3) is 0.238. The maximum atomic E-state index is 15.0. The molecule has 27 heavy (non-hydrogen) atoms. The minimum absolute atomic E-state index is 0.292. The Balaban J connectivity index is 1.91. The first kappa shape index (κ1) is 17.9.